The van der Waals surface area contributed by atoms with Crippen LogP contribution in [0.5, 0.6) is 0 Å². The van der Waals surface area contributed by atoms with Gasteiger partial charge in [-0.1, -0.05) is 31.5 Å². The molecule has 2 N–H and O–H groups in total. The van der Waals surface area contributed by atoms with Gasteiger partial charge in [0.05, 0.1) is 4.90 Å². The Kier molecular flexibility index (Phi) is 6.95. The van der Waals surface area contributed by atoms with Crippen molar-refractivity contribution in [3.05, 3.63) is 28.8 Å². The third kappa shape index (κ3) is 5.05. The van der Waals surface area contributed by atoms with Crippen LogP contribution < -0.4 is 10.0 Å². The Hall–Kier alpha value is -0.620. The zero-order chi connectivity index (χ0) is 15.2. The van der Waals surface area contributed by atoms with E-state index in [1.165, 1.54) is 6.07 Å². The molecule has 0 saturated carbocycles. The van der Waals surface area contributed by atoms with E-state index in [-0.39, 0.29) is 10.9 Å². The highest BCUT2D eigenvalue weighted by molar-refractivity contribution is 7.89. The van der Waals surface area contributed by atoms with E-state index in [0.717, 1.165) is 24.9 Å². The van der Waals surface area contributed by atoms with Crippen LogP contribution >= 0.6 is 11.6 Å². The average molecular weight is 319 g/mol. The van der Waals surface area contributed by atoms with Crippen molar-refractivity contribution in [1.82, 2.24) is 10.0 Å². The van der Waals surface area contributed by atoms with Gasteiger partial charge in [-0.05, 0) is 44.0 Å². The molecule has 0 saturated heterocycles. The molecule has 1 rings (SSSR count). The SMILES string of the molecule is CCCNCc1ccc(S(=O)(=O)NC(C)CC)cc1Cl. The summed E-state index contributed by atoms with van der Waals surface area (Å²) in [5, 5.41) is 3.72. The van der Waals surface area contributed by atoms with E-state index < -0.39 is 10.0 Å². The maximum absolute atomic E-state index is 12.1. The van der Waals surface area contributed by atoms with E-state index in [4.69, 9.17) is 11.6 Å². The van der Waals surface area contributed by atoms with Gasteiger partial charge in [-0.3, -0.25) is 0 Å². The third-order valence-electron chi connectivity index (χ3n) is 3.05. The fourth-order valence-corrected chi connectivity index (χ4v) is 3.32. The highest BCUT2D eigenvalue weighted by atomic mass is 35.5. The van der Waals surface area contributed by atoms with Gasteiger partial charge in [0.15, 0.2) is 0 Å². The van der Waals surface area contributed by atoms with E-state index in [2.05, 4.69) is 17.0 Å². The van der Waals surface area contributed by atoms with Gasteiger partial charge in [0.25, 0.3) is 0 Å². The Balaban J connectivity index is 2.86. The van der Waals surface area contributed by atoms with Crippen molar-refractivity contribution >= 4 is 21.6 Å². The molecular formula is C14H23ClN2O2S. The number of benzene rings is 1. The van der Waals surface area contributed by atoms with Gasteiger partial charge in [-0.15, -0.1) is 0 Å². The smallest absolute Gasteiger partial charge is 0.240 e. The first kappa shape index (κ1) is 17.4. The normalized spacial score (nSPS) is 13.4. The maximum atomic E-state index is 12.1. The summed E-state index contributed by atoms with van der Waals surface area (Å²) in [5.74, 6) is 0. The largest absolute Gasteiger partial charge is 0.313 e. The minimum absolute atomic E-state index is 0.0929. The second-order valence-corrected chi connectivity index (χ2v) is 6.98. The average Bonchev–Trinajstić information content (AvgIpc) is 2.40. The lowest BCUT2D eigenvalue weighted by Gasteiger charge is -2.13. The first-order chi connectivity index (χ1) is 9.40. The molecule has 1 unspecified atom stereocenters. The molecule has 0 aliphatic heterocycles. The first-order valence-electron chi connectivity index (χ1n) is 6.92. The summed E-state index contributed by atoms with van der Waals surface area (Å²) in [5.41, 5.74) is 0.905. The molecule has 1 aromatic carbocycles. The maximum Gasteiger partial charge on any atom is 0.240 e. The standard InChI is InChI=1S/C14H23ClN2O2S/c1-4-8-16-10-12-6-7-13(9-14(12)15)20(18,19)17-11(3)5-2/h6-7,9,11,16-17H,4-5,8,10H2,1-3H3. The molecule has 0 bridgehead atoms. The van der Waals surface area contributed by atoms with E-state index in [0.29, 0.717) is 11.6 Å². The number of halogens is 1. The van der Waals surface area contributed by atoms with Gasteiger partial charge in [0, 0.05) is 17.6 Å². The second-order valence-electron chi connectivity index (χ2n) is 4.86. The molecule has 114 valence electrons. The summed E-state index contributed by atoms with van der Waals surface area (Å²) < 4.78 is 26.9. The summed E-state index contributed by atoms with van der Waals surface area (Å²) in [6, 6.07) is 4.77. The van der Waals surface area contributed by atoms with Crippen LogP contribution in [-0.2, 0) is 16.6 Å². The molecule has 0 radical (unpaired) electrons. The third-order valence-corrected chi connectivity index (χ3v) is 4.98. The number of sulfonamides is 1. The fourth-order valence-electron chi connectivity index (χ4n) is 1.65. The molecule has 20 heavy (non-hydrogen) atoms. The molecular weight excluding hydrogens is 296 g/mol. The lowest BCUT2D eigenvalue weighted by molar-refractivity contribution is 0.556. The van der Waals surface area contributed by atoms with Crippen LogP contribution in [-0.4, -0.2) is 21.0 Å². The summed E-state index contributed by atoms with van der Waals surface area (Å²) in [7, 11) is -3.49. The molecule has 0 amide bonds. The summed E-state index contributed by atoms with van der Waals surface area (Å²) in [4.78, 5) is 0.210. The Morgan fingerprint density at radius 2 is 2.00 bits per heavy atom. The van der Waals surface area contributed by atoms with Crippen LogP contribution in [0, 0.1) is 0 Å². The molecule has 1 aromatic rings. The van der Waals surface area contributed by atoms with Gasteiger partial charge in [-0.25, -0.2) is 13.1 Å². The molecule has 0 aliphatic rings. The lowest BCUT2D eigenvalue weighted by Crippen LogP contribution is -2.32. The van der Waals surface area contributed by atoms with Gasteiger partial charge in [0.1, 0.15) is 0 Å². The number of nitrogens with one attached hydrogen (secondary N) is 2. The molecule has 6 heteroatoms. The monoisotopic (exact) mass is 318 g/mol. The minimum atomic E-state index is -3.49. The van der Waals surface area contributed by atoms with E-state index in [1.54, 1.807) is 12.1 Å². The molecule has 4 nitrogen and oxygen atoms in total. The Morgan fingerprint density at radius 1 is 1.30 bits per heavy atom. The lowest BCUT2D eigenvalue weighted by atomic mass is 10.2. The Morgan fingerprint density at radius 3 is 2.55 bits per heavy atom. The van der Waals surface area contributed by atoms with Crippen molar-refractivity contribution in [2.24, 2.45) is 0 Å². The zero-order valence-corrected chi connectivity index (χ0v) is 13.8. The second kappa shape index (κ2) is 7.98. The highest BCUT2D eigenvalue weighted by Gasteiger charge is 2.17. The van der Waals surface area contributed by atoms with Crippen LogP contribution in [0.2, 0.25) is 5.02 Å². The minimum Gasteiger partial charge on any atom is -0.313 e. The van der Waals surface area contributed by atoms with Crippen LogP contribution in [0.25, 0.3) is 0 Å². The predicted octanol–water partition coefficient (Wildman–Crippen LogP) is 2.92. The molecule has 0 aromatic heterocycles. The summed E-state index contributed by atoms with van der Waals surface area (Å²) >= 11 is 6.15. The number of hydrogen-bond acceptors (Lipinski definition) is 3. The van der Waals surface area contributed by atoms with Gasteiger partial charge >= 0.3 is 0 Å². The van der Waals surface area contributed by atoms with Crippen molar-refractivity contribution in [3.8, 4) is 0 Å². The topological polar surface area (TPSA) is 58.2 Å². The van der Waals surface area contributed by atoms with Crippen LogP contribution in [0.4, 0.5) is 0 Å². The number of rotatable bonds is 8. The summed E-state index contributed by atoms with van der Waals surface area (Å²) in [6.45, 7) is 7.41. The molecule has 0 fully saturated rings. The Labute approximate surface area is 127 Å². The first-order valence-corrected chi connectivity index (χ1v) is 8.78. The van der Waals surface area contributed by atoms with Gasteiger partial charge < -0.3 is 5.32 Å². The molecule has 0 aliphatic carbocycles. The van der Waals surface area contributed by atoms with E-state index in [1.807, 2.05) is 13.8 Å². The molecule has 1 atom stereocenters. The van der Waals surface area contributed by atoms with E-state index in [9.17, 15) is 8.42 Å². The van der Waals surface area contributed by atoms with Gasteiger partial charge in [0.2, 0.25) is 10.0 Å². The fraction of sp³-hybridized carbons (Fsp3) is 0.571. The Bertz CT molecular complexity index is 532. The predicted molar refractivity (Wildman–Crippen MR) is 83.5 cm³/mol. The summed E-state index contributed by atoms with van der Waals surface area (Å²) in [6.07, 6.45) is 1.79. The molecule has 0 spiro atoms. The van der Waals surface area contributed by atoms with E-state index >= 15 is 0 Å². The van der Waals surface area contributed by atoms with Crippen molar-refractivity contribution in [3.63, 3.8) is 0 Å². The highest BCUT2D eigenvalue weighted by Crippen LogP contribution is 2.21. The van der Waals surface area contributed by atoms with Crippen molar-refractivity contribution in [1.29, 1.82) is 0 Å². The van der Waals surface area contributed by atoms with Crippen LogP contribution in [0.3, 0.4) is 0 Å². The molecule has 0 heterocycles. The van der Waals surface area contributed by atoms with Crippen molar-refractivity contribution in [2.45, 2.75) is 51.1 Å². The van der Waals surface area contributed by atoms with Crippen LogP contribution in [0.1, 0.15) is 39.2 Å². The van der Waals surface area contributed by atoms with Gasteiger partial charge in [-0.2, -0.15) is 0 Å². The zero-order valence-electron chi connectivity index (χ0n) is 12.2. The van der Waals surface area contributed by atoms with Crippen molar-refractivity contribution < 1.29 is 8.42 Å². The van der Waals surface area contributed by atoms with Crippen LogP contribution in [0.15, 0.2) is 23.1 Å². The quantitative estimate of drug-likeness (QED) is 0.725. The number of hydrogen-bond donors (Lipinski definition) is 2. The van der Waals surface area contributed by atoms with Crippen molar-refractivity contribution in [2.75, 3.05) is 6.54 Å².